The lowest BCUT2D eigenvalue weighted by molar-refractivity contribution is -0.125. The summed E-state index contributed by atoms with van der Waals surface area (Å²) in [7, 11) is -0.565. The molecule has 1 atom stereocenters. The van der Waals surface area contributed by atoms with Crippen molar-refractivity contribution in [2.45, 2.75) is 26.0 Å². The third-order valence-electron chi connectivity index (χ3n) is 2.05. The lowest BCUT2D eigenvalue weighted by atomic mass is 10.3. The smallest absolute Gasteiger partial charge is 0.237 e. The zero-order chi connectivity index (χ0) is 13.6. The summed E-state index contributed by atoms with van der Waals surface area (Å²) in [6, 6.07) is 0.177. The molecule has 0 radical (unpaired) electrons. The molecule has 0 saturated heterocycles. The first-order chi connectivity index (χ1) is 7.64. The van der Waals surface area contributed by atoms with Crippen LogP contribution in [0.25, 0.3) is 0 Å². The molecule has 1 amide bonds. The van der Waals surface area contributed by atoms with E-state index >= 15 is 0 Å². The van der Waals surface area contributed by atoms with E-state index < -0.39 is 33.4 Å². The summed E-state index contributed by atoms with van der Waals surface area (Å²) in [5.74, 6) is -1.43. The Morgan fingerprint density at radius 1 is 1.35 bits per heavy atom. The molecular formula is C10H22N2O4S. The molecule has 0 spiro atoms. The molecule has 0 saturated carbocycles. The van der Waals surface area contributed by atoms with Crippen LogP contribution in [0.4, 0.5) is 0 Å². The van der Waals surface area contributed by atoms with E-state index in [-0.39, 0.29) is 12.6 Å². The first-order valence-corrected chi connectivity index (χ1v) is 7.28. The lowest BCUT2D eigenvalue weighted by Crippen LogP contribution is -2.38. The molecule has 7 heteroatoms. The lowest BCUT2D eigenvalue weighted by Gasteiger charge is -2.15. The van der Waals surface area contributed by atoms with Gasteiger partial charge in [-0.15, -0.1) is 0 Å². The molecule has 0 aromatic carbocycles. The highest BCUT2D eigenvalue weighted by molar-refractivity contribution is 7.92. The average molecular weight is 266 g/mol. The molecule has 1 unspecified atom stereocenters. The molecule has 17 heavy (non-hydrogen) atoms. The normalized spacial score (nSPS) is 13.8. The molecular weight excluding hydrogens is 244 g/mol. The highest BCUT2D eigenvalue weighted by Gasteiger charge is 2.21. The van der Waals surface area contributed by atoms with E-state index in [1.54, 1.807) is 0 Å². The largest absolute Gasteiger partial charge is 0.391 e. The topological polar surface area (TPSA) is 86.7 Å². The molecule has 102 valence electrons. The number of rotatable bonds is 7. The number of aliphatic hydroxyl groups is 1. The van der Waals surface area contributed by atoms with Crippen molar-refractivity contribution in [1.29, 1.82) is 0 Å². The maximum atomic E-state index is 11.6. The van der Waals surface area contributed by atoms with Crippen LogP contribution in [-0.4, -0.2) is 68.6 Å². The van der Waals surface area contributed by atoms with Crippen molar-refractivity contribution in [3.8, 4) is 0 Å². The number of carbonyl (C=O) groups is 1. The van der Waals surface area contributed by atoms with E-state index in [4.69, 9.17) is 0 Å². The van der Waals surface area contributed by atoms with Crippen LogP contribution in [0.3, 0.4) is 0 Å². The predicted octanol–water partition coefficient (Wildman–Crippen LogP) is -1.15. The van der Waals surface area contributed by atoms with Crippen molar-refractivity contribution >= 4 is 15.7 Å². The maximum Gasteiger partial charge on any atom is 0.237 e. The second-order valence-corrected chi connectivity index (χ2v) is 6.67. The molecule has 0 aliphatic rings. The Morgan fingerprint density at radius 2 is 1.88 bits per heavy atom. The van der Waals surface area contributed by atoms with Gasteiger partial charge < -0.3 is 15.3 Å². The van der Waals surface area contributed by atoms with E-state index in [1.807, 2.05) is 13.8 Å². The number of amides is 1. The van der Waals surface area contributed by atoms with Crippen LogP contribution >= 0.6 is 0 Å². The Balaban J connectivity index is 4.21. The minimum absolute atomic E-state index is 0.177. The van der Waals surface area contributed by atoms with Gasteiger partial charge in [0.2, 0.25) is 5.91 Å². The molecule has 0 fully saturated rings. The van der Waals surface area contributed by atoms with Crippen molar-refractivity contribution < 1.29 is 18.3 Å². The van der Waals surface area contributed by atoms with Gasteiger partial charge in [-0.2, -0.15) is 0 Å². The summed E-state index contributed by atoms with van der Waals surface area (Å²) in [5, 5.41) is 12.5. The molecule has 0 aromatic rings. The van der Waals surface area contributed by atoms with Crippen molar-refractivity contribution in [3.63, 3.8) is 0 Å². The van der Waals surface area contributed by atoms with Crippen LogP contribution in [0, 0.1) is 0 Å². The van der Waals surface area contributed by atoms with Crippen LogP contribution in [0.5, 0.6) is 0 Å². The third-order valence-corrected chi connectivity index (χ3v) is 3.63. The van der Waals surface area contributed by atoms with Gasteiger partial charge in [0.15, 0.2) is 9.84 Å². The summed E-state index contributed by atoms with van der Waals surface area (Å²) in [6.45, 7) is 4.00. The van der Waals surface area contributed by atoms with Gasteiger partial charge in [0.05, 0.1) is 11.9 Å². The Morgan fingerprint density at radius 3 is 2.29 bits per heavy atom. The molecule has 0 bridgehead atoms. The number of aliphatic hydroxyl groups excluding tert-OH is 1. The minimum atomic E-state index is -3.55. The van der Waals surface area contributed by atoms with Crippen LogP contribution in [0.15, 0.2) is 0 Å². The molecule has 0 aliphatic carbocycles. The van der Waals surface area contributed by atoms with Gasteiger partial charge in [-0.3, -0.25) is 4.79 Å². The van der Waals surface area contributed by atoms with Crippen molar-refractivity contribution in [2.75, 3.05) is 32.1 Å². The van der Waals surface area contributed by atoms with Gasteiger partial charge >= 0.3 is 0 Å². The van der Waals surface area contributed by atoms with Crippen LogP contribution < -0.4 is 5.32 Å². The van der Waals surface area contributed by atoms with E-state index in [0.717, 1.165) is 0 Å². The number of sulfone groups is 1. The highest BCUT2D eigenvalue weighted by Crippen LogP contribution is 1.97. The van der Waals surface area contributed by atoms with Crippen molar-refractivity contribution in [1.82, 2.24) is 10.2 Å². The molecule has 0 aliphatic heterocycles. The second kappa shape index (κ2) is 6.93. The number of carbonyl (C=O) groups excluding carboxylic acids is 1. The number of hydrogen-bond donors (Lipinski definition) is 2. The number of nitrogens with one attached hydrogen (secondary N) is 1. The zero-order valence-corrected chi connectivity index (χ0v) is 11.6. The van der Waals surface area contributed by atoms with Crippen molar-refractivity contribution in [3.05, 3.63) is 0 Å². The summed E-state index contributed by atoms with van der Waals surface area (Å²) >= 11 is 0. The first-order valence-electron chi connectivity index (χ1n) is 5.46. The molecule has 0 rings (SSSR count). The SMILES string of the molecule is CC(C)NCC(O)CS(=O)(=O)CC(=O)N(C)C. The molecule has 6 nitrogen and oxygen atoms in total. The summed E-state index contributed by atoms with van der Waals surface area (Å²) in [5.41, 5.74) is 0. The fourth-order valence-electron chi connectivity index (χ4n) is 1.10. The van der Waals surface area contributed by atoms with Gasteiger partial charge in [-0.25, -0.2) is 8.42 Å². The van der Waals surface area contributed by atoms with Crippen LogP contribution in [0.2, 0.25) is 0 Å². The van der Waals surface area contributed by atoms with E-state index in [1.165, 1.54) is 19.0 Å². The first kappa shape index (κ1) is 16.3. The van der Waals surface area contributed by atoms with E-state index in [0.29, 0.717) is 0 Å². The Bertz CT molecular complexity index is 338. The number of nitrogens with zero attached hydrogens (tertiary/aromatic N) is 1. The van der Waals surface area contributed by atoms with E-state index in [9.17, 15) is 18.3 Å². The Hall–Kier alpha value is -0.660. The fourth-order valence-corrected chi connectivity index (χ4v) is 2.56. The number of hydrogen-bond acceptors (Lipinski definition) is 5. The maximum absolute atomic E-state index is 11.6. The van der Waals surface area contributed by atoms with Gasteiger partial charge in [-0.1, -0.05) is 13.8 Å². The zero-order valence-electron chi connectivity index (χ0n) is 10.8. The van der Waals surface area contributed by atoms with Gasteiger partial charge in [0.25, 0.3) is 0 Å². The average Bonchev–Trinajstić information content (AvgIpc) is 2.12. The minimum Gasteiger partial charge on any atom is -0.391 e. The van der Waals surface area contributed by atoms with Crippen LogP contribution in [-0.2, 0) is 14.6 Å². The fraction of sp³-hybridized carbons (Fsp3) is 0.900. The quantitative estimate of drug-likeness (QED) is 0.607. The third kappa shape index (κ3) is 8.12. The molecule has 0 heterocycles. The van der Waals surface area contributed by atoms with Gasteiger partial charge in [-0.05, 0) is 0 Å². The summed E-state index contributed by atoms with van der Waals surface area (Å²) in [4.78, 5) is 12.5. The standard InChI is InChI=1S/C10H22N2O4S/c1-8(2)11-5-9(13)6-17(15,16)7-10(14)12(3)4/h8-9,11,13H,5-7H2,1-4H3. The Kier molecular flexibility index (Phi) is 6.66. The Labute approximate surface area is 103 Å². The summed E-state index contributed by atoms with van der Waals surface area (Å²) in [6.07, 6.45) is -0.989. The van der Waals surface area contributed by atoms with Gasteiger partial charge in [0, 0.05) is 26.7 Å². The van der Waals surface area contributed by atoms with Crippen molar-refractivity contribution in [2.24, 2.45) is 0 Å². The summed E-state index contributed by atoms with van der Waals surface area (Å²) < 4.78 is 23.1. The van der Waals surface area contributed by atoms with Gasteiger partial charge in [0.1, 0.15) is 5.75 Å². The predicted molar refractivity (Wildman–Crippen MR) is 66.5 cm³/mol. The molecule has 2 N–H and O–H groups in total. The van der Waals surface area contributed by atoms with E-state index in [2.05, 4.69) is 5.32 Å². The second-order valence-electron chi connectivity index (χ2n) is 4.56. The molecule has 0 aromatic heterocycles. The highest BCUT2D eigenvalue weighted by atomic mass is 32.2. The van der Waals surface area contributed by atoms with Crippen LogP contribution in [0.1, 0.15) is 13.8 Å². The monoisotopic (exact) mass is 266 g/mol.